The molecule has 0 bridgehead atoms. The highest BCUT2D eigenvalue weighted by molar-refractivity contribution is 5.41. The van der Waals surface area contributed by atoms with Gasteiger partial charge in [-0.05, 0) is 23.3 Å². The van der Waals surface area contributed by atoms with Gasteiger partial charge in [-0.1, -0.05) is 36.4 Å². The molecule has 2 rings (SSSR count). The van der Waals surface area contributed by atoms with Crippen molar-refractivity contribution in [1.82, 2.24) is 0 Å². The molecule has 0 fully saturated rings. The molecule has 0 spiro atoms. The quantitative estimate of drug-likeness (QED) is 0.658. The number of halogens is 6. The fourth-order valence-corrected chi connectivity index (χ4v) is 1.80. The molecule has 0 aromatic heterocycles. The van der Waals surface area contributed by atoms with E-state index >= 15 is 0 Å². The molecule has 0 aliphatic heterocycles. The smallest absolute Gasteiger partial charge is 0.166 e. The Morgan fingerprint density at radius 3 is 1.33 bits per heavy atom. The van der Waals surface area contributed by atoms with Gasteiger partial charge in [0, 0.05) is 6.42 Å². The number of rotatable bonds is 2. The van der Waals surface area contributed by atoms with Crippen LogP contribution in [0.25, 0.3) is 0 Å². The third-order valence-corrected chi connectivity index (χ3v) is 2.76. The van der Waals surface area contributed by atoms with Crippen molar-refractivity contribution in [3.05, 3.63) is 77.2 Å². The van der Waals surface area contributed by atoms with Crippen molar-refractivity contribution in [3.8, 4) is 0 Å². The molecule has 0 aliphatic carbocycles. The molecule has 6 heteroatoms. The molecule has 0 nitrogen and oxygen atoms in total. The summed E-state index contributed by atoms with van der Waals surface area (Å²) < 4.78 is 75.4. The molecule has 21 heavy (non-hydrogen) atoms. The van der Waals surface area contributed by atoms with E-state index in [0.29, 0.717) is 0 Å². The molecule has 1 radical (unpaired) electrons. The Morgan fingerprint density at radius 1 is 0.619 bits per heavy atom. The van der Waals surface area contributed by atoms with Gasteiger partial charge in [0.05, 0.1) is 11.1 Å². The summed E-state index contributed by atoms with van der Waals surface area (Å²) in [5.41, 5.74) is -1.32. The van der Waals surface area contributed by atoms with Crippen molar-refractivity contribution in [3.63, 3.8) is 0 Å². The van der Waals surface area contributed by atoms with E-state index in [1.54, 1.807) is 0 Å². The Labute approximate surface area is 117 Å². The van der Waals surface area contributed by atoms with Gasteiger partial charge in [0.15, 0.2) is 0 Å². The second kappa shape index (κ2) is 5.42. The van der Waals surface area contributed by atoms with Crippen LogP contribution in [0.3, 0.4) is 0 Å². The van der Waals surface area contributed by atoms with E-state index in [-0.39, 0.29) is 11.1 Å². The first-order valence-electron chi connectivity index (χ1n) is 5.85. The van der Waals surface area contributed by atoms with Crippen LogP contribution in [0.5, 0.6) is 0 Å². The van der Waals surface area contributed by atoms with Crippen LogP contribution in [-0.4, -0.2) is 0 Å². The molecule has 0 aliphatic rings. The third-order valence-electron chi connectivity index (χ3n) is 2.76. The highest BCUT2D eigenvalue weighted by Gasteiger charge is 2.31. The molecule has 0 unspecified atom stereocenters. The zero-order chi connectivity index (χ0) is 15.7. The lowest BCUT2D eigenvalue weighted by atomic mass is 10.0. The van der Waals surface area contributed by atoms with Gasteiger partial charge in [-0.2, -0.15) is 26.3 Å². The second-order valence-corrected chi connectivity index (χ2v) is 4.39. The lowest BCUT2D eigenvalue weighted by Gasteiger charge is -2.10. The molecule has 0 heterocycles. The maximum absolute atomic E-state index is 12.6. The lowest BCUT2D eigenvalue weighted by Crippen LogP contribution is -2.06. The molecule has 2 aromatic carbocycles. The monoisotopic (exact) mass is 303 g/mol. The second-order valence-electron chi connectivity index (χ2n) is 4.39. The van der Waals surface area contributed by atoms with Crippen LogP contribution in [0.15, 0.2) is 48.5 Å². The minimum atomic E-state index is -4.49. The predicted octanol–water partition coefficient (Wildman–Crippen LogP) is 5.32. The normalized spacial score (nSPS) is 12.5. The fraction of sp³-hybridized carbons (Fsp3) is 0.133. The summed E-state index contributed by atoms with van der Waals surface area (Å²) in [6.07, 6.45) is -7.71. The van der Waals surface area contributed by atoms with Crippen molar-refractivity contribution in [2.75, 3.05) is 0 Å². The number of hydrogen-bond acceptors (Lipinski definition) is 0. The summed E-state index contributed by atoms with van der Waals surface area (Å²) in [7, 11) is 0. The van der Waals surface area contributed by atoms with Gasteiger partial charge in [0.25, 0.3) is 0 Å². The van der Waals surface area contributed by atoms with E-state index in [4.69, 9.17) is 0 Å². The van der Waals surface area contributed by atoms with Crippen molar-refractivity contribution in [2.45, 2.75) is 12.4 Å². The first-order valence-corrected chi connectivity index (χ1v) is 5.85. The SMILES string of the molecule is FC(F)(F)c1cccc([CH]c2cccc(C(F)(F)F)c2)c1. The standard InChI is InChI=1S/C15H9F6/c16-14(17,18)12-5-1-3-10(8-12)7-11-4-2-6-13(9-11)15(19,20)21/h1-9H. The average Bonchev–Trinajstić information content (AvgIpc) is 2.37. The first kappa shape index (κ1) is 15.4. The molecular formula is C15H9F6. The molecule has 111 valence electrons. The molecule has 0 amide bonds. The van der Waals surface area contributed by atoms with Gasteiger partial charge in [-0.25, -0.2) is 0 Å². The van der Waals surface area contributed by atoms with Gasteiger partial charge < -0.3 is 0 Å². The molecule has 0 saturated heterocycles. The summed E-state index contributed by atoms with van der Waals surface area (Å²) in [5, 5.41) is 0. The maximum Gasteiger partial charge on any atom is 0.416 e. The van der Waals surface area contributed by atoms with Gasteiger partial charge in [-0.3, -0.25) is 0 Å². The molecular weight excluding hydrogens is 294 g/mol. The van der Waals surface area contributed by atoms with Crippen molar-refractivity contribution in [2.24, 2.45) is 0 Å². The largest absolute Gasteiger partial charge is 0.416 e. The van der Waals surface area contributed by atoms with Crippen molar-refractivity contribution in [1.29, 1.82) is 0 Å². The number of hydrogen-bond donors (Lipinski definition) is 0. The summed E-state index contributed by atoms with van der Waals surface area (Å²) in [5.74, 6) is 0. The Kier molecular flexibility index (Phi) is 3.98. The third kappa shape index (κ3) is 4.00. The highest BCUT2D eigenvalue weighted by Crippen LogP contribution is 2.32. The topological polar surface area (TPSA) is 0 Å². The minimum Gasteiger partial charge on any atom is -0.166 e. The zero-order valence-electron chi connectivity index (χ0n) is 10.5. The van der Waals surface area contributed by atoms with Crippen molar-refractivity contribution >= 4 is 0 Å². The maximum atomic E-state index is 12.6. The van der Waals surface area contributed by atoms with Crippen LogP contribution < -0.4 is 0 Å². The zero-order valence-corrected chi connectivity index (χ0v) is 10.5. The molecule has 2 aromatic rings. The van der Waals surface area contributed by atoms with E-state index in [1.807, 2.05) is 0 Å². The van der Waals surface area contributed by atoms with Gasteiger partial charge in [0.1, 0.15) is 0 Å². The average molecular weight is 303 g/mol. The predicted molar refractivity (Wildman–Crippen MR) is 65.4 cm³/mol. The van der Waals surface area contributed by atoms with Crippen LogP contribution in [0.2, 0.25) is 0 Å². The summed E-state index contributed by atoms with van der Waals surface area (Å²) in [6.45, 7) is 0. The molecule has 0 saturated carbocycles. The van der Waals surface area contributed by atoms with Gasteiger partial charge >= 0.3 is 12.4 Å². The number of alkyl halides is 6. The van der Waals surface area contributed by atoms with Crippen LogP contribution >= 0.6 is 0 Å². The van der Waals surface area contributed by atoms with Gasteiger partial charge in [0.2, 0.25) is 0 Å². The number of benzene rings is 2. The first-order chi connectivity index (χ1) is 9.66. The molecule has 0 atom stereocenters. The molecule has 0 N–H and O–H groups in total. The van der Waals surface area contributed by atoms with Crippen LogP contribution in [-0.2, 0) is 12.4 Å². The Balaban J connectivity index is 2.27. The van der Waals surface area contributed by atoms with E-state index in [2.05, 4.69) is 0 Å². The van der Waals surface area contributed by atoms with E-state index < -0.39 is 23.5 Å². The summed E-state index contributed by atoms with van der Waals surface area (Å²) >= 11 is 0. The highest BCUT2D eigenvalue weighted by atomic mass is 19.4. The summed E-state index contributed by atoms with van der Waals surface area (Å²) in [4.78, 5) is 0. The fourth-order valence-electron chi connectivity index (χ4n) is 1.80. The minimum absolute atomic E-state index is 0.184. The van der Waals surface area contributed by atoms with E-state index in [9.17, 15) is 26.3 Å². The van der Waals surface area contributed by atoms with E-state index in [0.717, 1.165) is 24.3 Å². The van der Waals surface area contributed by atoms with Crippen molar-refractivity contribution < 1.29 is 26.3 Å². The lowest BCUT2D eigenvalue weighted by molar-refractivity contribution is -0.138. The van der Waals surface area contributed by atoms with Crippen LogP contribution in [0, 0.1) is 6.42 Å². The Bertz CT molecular complexity index is 569. The van der Waals surface area contributed by atoms with Crippen LogP contribution in [0.4, 0.5) is 26.3 Å². The van der Waals surface area contributed by atoms with Crippen LogP contribution in [0.1, 0.15) is 22.3 Å². The Hall–Kier alpha value is -1.98. The Morgan fingerprint density at radius 2 is 1.00 bits per heavy atom. The summed E-state index contributed by atoms with van der Waals surface area (Å²) in [6, 6.07) is 8.81. The van der Waals surface area contributed by atoms with Gasteiger partial charge in [-0.15, -0.1) is 0 Å². The van der Waals surface area contributed by atoms with E-state index in [1.165, 1.54) is 30.7 Å².